The summed E-state index contributed by atoms with van der Waals surface area (Å²) in [7, 11) is 2.01. The van der Waals surface area contributed by atoms with Crippen molar-refractivity contribution in [3.63, 3.8) is 0 Å². The van der Waals surface area contributed by atoms with Gasteiger partial charge in [-0.05, 0) is 13.8 Å². The molecule has 1 amide bonds. The highest BCUT2D eigenvalue weighted by Crippen LogP contribution is 2.13. The van der Waals surface area contributed by atoms with Crippen molar-refractivity contribution in [1.82, 2.24) is 24.5 Å². The first-order valence-corrected chi connectivity index (χ1v) is 8.19. The lowest BCUT2D eigenvalue weighted by atomic mass is 10.2. The molecule has 1 aliphatic rings. The lowest BCUT2D eigenvalue weighted by Gasteiger charge is -2.37. The molecule has 130 valence electrons. The second kappa shape index (κ2) is 7.14. The van der Waals surface area contributed by atoms with E-state index in [-0.39, 0.29) is 11.9 Å². The Balaban J connectivity index is 1.48. The normalized spacial score (nSPS) is 17.8. The third-order valence-electron chi connectivity index (χ3n) is 4.49. The number of hydrogen-bond acceptors (Lipinski definition) is 6. The van der Waals surface area contributed by atoms with Crippen LogP contribution in [0.5, 0.6) is 0 Å². The van der Waals surface area contributed by atoms with E-state index in [4.69, 9.17) is 4.52 Å². The quantitative estimate of drug-likeness (QED) is 0.875. The minimum Gasteiger partial charge on any atom is -0.338 e. The largest absolute Gasteiger partial charge is 0.338 e. The first-order valence-electron chi connectivity index (χ1n) is 8.19. The maximum Gasteiger partial charge on any atom is 0.243 e. The Hall–Kier alpha value is -2.19. The number of aryl methyl sites for hydroxylation is 2. The predicted molar refractivity (Wildman–Crippen MR) is 89.4 cm³/mol. The topological polar surface area (TPSA) is 79.4 Å². The van der Waals surface area contributed by atoms with Gasteiger partial charge >= 0.3 is 0 Å². The van der Waals surface area contributed by atoms with Crippen LogP contribution >= 0.6 is 0 Å². The molecular formula is C16H24N6O2. The molecule has 0 aromatic carbocycles. The smallest absolute Gasteiger partial charge is 0.243 e. The number of piperazine rings is 1. The summed E-state index contributed by atoms with van der Waals surface area (Å²) >= 11 is 0. The fourth-order valence-electron chi connectivity index (χ4n) is 2.87. The van der Waals surface area contributed by atoms with Crippen LogP contribution in [0.15, 0.2) is 23.0 Å². The zero-order valence-corrected chi connectivity index (χ0v) is 14.4. The number of nitrogens with one attached hydrogen (secondary N) is 1. The average molecular weight is 332 g/mol. The number of aromatic nitrogens is 3. The van der Waals surface area contributed by atoms with Gasteiger partial charge in [-0.15, -0.1) is 0 Å². The Labute approximate surface area is 141 Å². The zero-order chi connectivity index (χ0) is 17.1. The number of rotatable bonds is 5. The van der Waals surface area contributed by atoms with E-state index in [1.165, 1.54) is 0 Å². The summed E-state index contributed by atoms with van der Waals surface area (Å²) in [5.41, 5.74) is 0.751. The van der Waals surface area contributed by atoms with E-state index in [0.717, 1.165) is 44.2 Å². The molecule has 2 aromatic rings. The highest BCUT2D eigenvalue weighted by molar-refractivity contribution is 5.93. The van der Waals surface area contributed by atoms with Gasteiger partial charge in [-0.3, -0.25) is 19.9 Å². The fraction of sp³-hybridized carbons (Fsp3) is 0.562. The van der Waals surface area contributed by atoms with Crippen LogP contribution in [0.25, 0.3) is 0 Å². The van der Waals surface area contributed by atoms with E-state index < -0.39 is 0 Å². The highest BCUT2D eigenvalue weighted by atomic mass is 16.5. The maximum atomic E-state index is 12.3. The Morgan fingerprint density at radius 2 is 2.12 bits per heavy atom. The van der Waals surface area contributed by atoms with Crippen LogP contribution in [0.2, 0.25) is 0 Å². The van der Waals surface area contributed by atoms with Crippen LogP contribution in [-0.4, -0.2) is 62.6 Å². The van der Waals surface area contributed by atoms with Crippen molar-refractivity contribution in [2.45, 2.75) is 26.4 Å². The van der Waals surface area contributed by atoms with Gasteiger partial charge in [0.2, 0.25) is 11.8 Å². The molecule has 0 bridgehead atoms. The van der Waals surface area contributed by atoms with Crippen LogP contribution in [0.1, 0.15) is 18.4 Å². The molecule has 1 atom stereocenters. The minimum atomic E-state index is -0.203. The van der Waals surface area contributed by atoms with Gasteiger partial charge in [0.05, 0.1) is 18.3 Å². The first-order chi connectivity index (χ1) is 11.5. The molecule has 0 saturated carbocycles. The molecule has 3 heterocycles. The third kappa shape index (κ3) is 3.82. The van der Waals surface area contributed by atoms with Crippen molar-refractivity contribution < 1.29 is 9.32 Å². The third-order valence-corrected chi connectivity index (χ3v) is 4.49. The molecule has 0 aliphatic carbocycles. The molecule has 2 aromatic heterocycles. The Morgan fingerprint density at radius 1 is 1.38 bits per heavy atom. The fourth-order valence-corrected chi connectivity index (χ4v) is 2.87. The van der Waals surface area contributed by atoms with Crippen molar-refractivity contribution in [2.24, 2.45) is 7.05 Å². The van der Waals surface area contributed by atoms with Gasteiger partial charge in [-0.1, -0.05) is 5.16 Å². The molecule has 3 rings (SSSR count). The summed E-state index contributed by atoms with van der Waals surface area (Å²) in [6.07, 6.45) is 3.78. The lowest BCUT2D eigenvalue weighted by Crippen LogP contribution is -2.52. The minimum absolute atomic E-state index is 0.0660. The number of nitrogens with zero attached hydrogens (tertiary/aromatic N) is 5. The van der Waals surface area contributed by atoms with Crippen LogP contribution in [-0.2, 0) is 18.4 Å². The van der Waals surface area contributed by atoms with Crippen LogP contribution in [0, 0.1) is 6.92 Å². The number of anilines is 1. The summed E-state index contributed by atoms with van der Waals surface area (Å²) in [5.74, 6) is 1.40. The monoisotopic (exact) mass is 332 g/mol. The SMILES string of the molecule is Cc1cc(NC(=O)C(C)N2CCN(Cc3nccn3C)CC2)on1. The zero-order valence-electron chi connectivity index (χ0n) is 14.4. The first kappa shape index (κ1) is 16.7. The molecule has 0 spiro atoms. The maximum absolute atomic E-state index is 12.3. The van der Waals surface area contributed by atoms with Gasteiger partial charge in [0.25, 0.3) is 0 Å². The van der Waals surface area contributed by atoms with E-state index >= 15 is 0 Å². The van der Waals surface area contributed by atoms with E-state index in [1.54, 1.807) is 6.07 Å². The summed E-state index contributed by atoms with van der Waals surface area (Å²) in [5, 5.41) is 6.55. The number of hydrogen-bond donors (Lipinski definition) is 1. The second-order valence-corrected chi connectivity index (χ2v) is 6.26. The molecule has 24 heavy (non-hydrogen) atoms. The summed E-state index contributed by atoms with van der Waals surface area (Å²) < 4.78 is 7.08. The Kier molecular flexibility index (Phi) is 4.96. The molecule has 1 N–H and O–H groups in total. The molecule has 1 saturated heterocycles. The lowest BCUT2D eigenvalue weighted by molar-refractivity contribution is -0.121. The van der Waals surface area contributed by atoms with E-state index in [2.05, 4.69) is 25.3 Å². The standard InChI is InChI=1S/C16H24N6O2/c1-12-10-15(24-19-12)18-16(23)13(2)22-8-6-21(7-9-22)11-14-17-4-5-20(14)3/h4-5,10,13H,6-9,11H2,1-3H3,(H,18,23). The molecule has 0 radical (unpaired) electrons. The molecule has 1 unspecified atom stereocenters. The van der Waals surface area contributed by atoms with E-state index in [9.17, 15) is 4.79 Å². The molecule has 1 aliphatic heterocycles. The second-order valence-electron chi connectivity index (χ2n) is 6.26. The van der Waals surface area contributed by atoms with Crippen LogP contribution < -0.4 is 5.32 Å². The Morgan fingerprint density at radius 3 is 2.71 bits per heavy atom. The number of amides is 1. The van der Waals surface area contributed by atoms with Crippen molar-refractivity contribution in [2.75, 3.05) is 31.5 Å². The molecule has 8 heteroatoms. The average Bonchev–Trinajstić information content (AvgIpc) is 3.16. The highest BCUT2D eigenvalue weighted by Gasteiger charge is 2.26. The molecule has 1 fully saturated rings. The van der Waals surface area contributed by atoms with Crippen LogP contribution in [0.4, 0.5) is 5.88 Å². The van der Waals surface area contributed by atoms with Gasteiger partial charge < -0.3 is 9.09 Å². The van der Waals surface area contributed by atoms with Crippen molar-refractivity contribution in [3.05, 3.63) is 30.0 Å². The van der Waals surface area contributed by atoms with Gasteiger partial charge in [-0.2, -0.15) is 0 Å². The van der Waals surface area contributed by atoms with Crippen molar-refractivity contribution in [3.8, 4) is 0 Å². The Bertz CT molecular complexity index is 686. The van der Waals surface area contributed by atoms with E-state index in [0.29, 0.717) is 5.88 Å². The number of carbonyl (C=O) groups is 1. The van der Waals surface area contributed by atoms with Crippen molar-refractivity contribution >= 4 is 11.8 Å². The van der Waals surface area contributed by atoms with Gasteiger partial charge in [0, 0.05) is 51.7 Å². The van der Waals surface area contributed by atoms with Gasteiger partial charge in [0.15, 0.2) is 0 Å². The van der Waals surface area contributed by atoms with Crippen LogP contribution in [0.3, 0.4) is 0 Å². The van der Waals surface area contributed by atoms with Gasteiger partial charge in [0.1, 0.15) is 5.82 Å². The van der Waals surface area contributed by atoms with Crippen molar-refractivity contribution in [1.29, 1.82) is 0 Å². The van der Waals surface area contributed by atoms with E-state index in [1.807, 2.05) is 37.9 Å². The molecular weight excluding hydrogens is 308 g/mol. The predicted octanol–water partition coefficient (Wildman–Crippen LogP) is 0.861. The number of imidazole rings is 1. The summed E-state index contributed by atoms with van der Waals surface area (Å²) in [4.78, 5) is 21.3. The molecule has 8 nitrogen and oxygen atoms in total. The summed E-state index contributed by atoms with van der Waals surface area (Å²) in [6, 6.07) is 1.51. The van der Waals surface area contributed by atoms with Gasteiger partial charge in [-0.25, -0.2) is 4.98 Å². The summed E-state index contributed by atoms with van der Waals surface area (Å²) in [6.45, 7) is 8.15. The number of carbonyl (C=O) groups excluding carboxylic acids is 1.